The fraction of sp³-hybridized carbons (Fsp3) is 0.310. The molecule has 3 aliphatic rings. The number of anilines is 1. The summed E-state index contributed by atoms with van der Waals surface area (Å²) in [5.74, 6) is 0.0525. The van der Waals surface area contributed by atoms with Crippen molar-refractivity contribution in [2.24, 2.45) is 11.8 Å². The molecule has 3 aromatic rings. The highest BCUT2D eigenvalue weighted by Crippen LogP contribution is 2.56. The maximum atomic E-state index is 13.3. The summed E-state index contributed by atoms with van der Waals surface area (Å²) >= 11 is 0. The molecule has 6 rings (SSSR count). The molecule has 1 aliphatic carbocycles. The second kappa shape index (κ2) is 9.16. The number of nitrogens with one attached hydrogen (secondary N) is 1. The molecule has 196 valence electrons. The molecule has 4 atom stereocenters. The number of phenols is 1. The molecular weight excluding hydrogens is 490 g/mol. The first-order chi connectivity index (χ1) is 18.4. The van der Waals surface area contributed by atoms with Gasteiger partial charge in [0.1, 0.15) is 0 Å². The third kappa shape index (κ3) is 3.77. The molecule has 0 aromatic heterocycles. The molecule has 0 amide bonds. The summed E-state index contributed by atoms with van der Waals surface area (Å²) in [5.41, 5.74) is 3.88. The van der Waals surface area contributed by atoms with E-state index in [1.54, 1.807) is 18.2 Å². The number of esters is 1. The van der Waals surface area contributed by atoms with Crippen LogP contribution in [0.2, 0.25) is 0 Å². The first-order valence-corrected chi connectivity index (χ1v) is 12.3. The van der Waals surface area contributed by atoms with Crippen LogP contribution in [0, 0.1) is 11.8 Å². The summed E-state index contributed by atoms with van der Waals surface area (Å²) in [7, 11) is 2.93. The molecular formula is C29H27NO8. The van der Waals surface area contributed by atoms with Gasteiger partial charge < -0.3 is 34.1 Å². The number of cyclic esters (lactones) is 1. The van der Waals surface area contributed by atoms with E-state index in [1.165, 1.54) is 21.1 Å². The Bertz CT molecular complexity index is 1430. The molecule has 0 saturated carbocycles. The molecule has 0 bridgehead atoms. The lowest BCUT2D eigenvalue weighted by atomic mass is 9.65. The Morgan fingerprint density at radius 1 is 0.974 bits per heavy atom. The highest BCUT2D eigenvalue weighted by molar-refractivity contribution is 5.95. The van der Waals surface area contributed by atoms with Gasteiger partial charge in [-0.15, -0.1) is 0 Å². The SMILES string of the molecule is COc1cc([C@@H]2c3cc4c(cc3[C@@H](Nc3cccc(C(C)=O)c3)[C@H]3COC(=O)[C@H]23)OCO4)cc(OC)c1O. The summed E-state index contributed by atoms with van der Waals surface area (Å²) in [6.07, 6.45) is 0. The van der Waals surface area contributed by atoms with Gasteiger partial charge in [-0.05, 0) is 60.0 Å². The summed E-state index contributed by atoms with van der Waals surface area (Å²) < 4.78 is 27.9. The van der Waals surface area contributed by atoms with Crippen LogP contribution in [0.3, 0.4) is 0 Å². The zero-order valence-corrected chi connectivity index (χ0v) is 21.1. The van der Waals surface area contributed by atoms with E-state index in [4.69, 9.17) is 23.7 Å². The predicted molar refractivity (Wildman–Crippen MR) is 136 cm³/mol. The number of phenolic OH excluding ortho intramolecular Hbond substituents is 1. The Balaban J connectivity index is 1.54. The molecule has 0 spiro atoms. The number of hydrogen-bond donors (Lipinski definition) is 2. The number of carbonyl (C=O) groups is 2. The van der Waals surface area contributed by atoms with Crippen LogP contribution in [0.15, 0.2) is 48.5 Å². The van der Waals surface area contributed by atoms with Crippen molar-refractivity contribution in [1.29, 1.82) is 0 Å². The number of rotatable bonds is 6. The van der Waals surface area contributed by atoms with Crippen LogP contribution in [0.5, 0.6) is 28.7 Å². The van der Waals surface area contributed by atoms with Crippen LogP contribution < -0.4 is 24.3 Å². The van der Waals surface area contributed by atoms with Gasteiger partial charge in [0, 0.05) is 23.1 Å². The number of methoxy groups -OCH3 is 2. The minimum absolute atomic E-state index is 0.0337. The average Bonchev–Trinajstić information content (AvgIpc) is 3.54. The maximum Gasteiger partial charge on any atom is 0.310 e. The molecule has 0 unspecified atom stereocenters. The van der Waals surface area contributed by atoms with E-state index in [9.17, 15) is 14.7 Å². The van der Waals surface area contributed by atoms with E-state index < -0.39 is 11.8 Å². The molecule has 3 aromatic carbocycles. The molecule has 38 heavy (non-hydrogen) atoms. The van der Waals surface area contributed by atoms with Crippen molar-refractivity contribution in [3.05, 3.63) is 70.8 Å². The first kappa shape index (κ1) is 24.0. The third-order valence-corrected chi connectivity index (χ3v) is 7.64. The fourth-order valence-electron chi connectivity index (χ4n) is 5.85. The van der Waals surface area contributed by atoms with Gasteiger partial charge in [0.05, 0.1) is 32.8 Å². The molecule has 0 radical (unpaired) electrons. The molecule has 2 aliphatic heterocycles. The van der Waals surface area contributed by atoms with Gasteiger partial charge in [-0.25, -0.2) is 0 Å². The monoisotopic (exact) mass is 517 g/mol. The third-order valence-electron chi connectivity index (χ3n) is 7.64. The number of hydrogen-bond acceptors (Lipinski definition) is 9. The molecule has 2 N–H and O–H groups in total. The van der Waals surface area contributed by atoms with E-state index in [-0.39, 0.29) is 54.4 Å². The van der Waals surface area contributed by atoms with Crippen LogP contribution in [-0.4, -0.2) is 44.5 Å². The lowest BCUT2D eigenvalue weighted by molar-refractivity contribution is -0.141. The number of aromatic hydroxyl groups is 1. The van der Waals surface area contributed by atoms with Crippen molar-refractivity contribution in [3.63, 3.8) is 0 Å². The molecule has 9 heteroatoms. The lowest BCUT2D eigenvalue weighted by Gasteiger charge is -2.40. The van der Waals surface area contributed by atoms with Gasteiger partial charge in [-0.1, -0.05) is 12.1 Å². The Morgan fingerprint density at radius 3 is 2.32 bits per heavy atom. The van der Waals surface area contributed by atoms with Crippen LogP contribution in [0.25, 0.3) is 0 Å². The number of ketones is 1. The Kier molecular flexibility index (Phi) is 5.78. The summed E-state index contributed by atoms with van der Waals surface area (Å²) in [5, 5.41) is 14.1. The standard InChI is InChI=1S/C29H27NO8/c1-14(31)15-5-4-6-17(7-15)30-27-19-11-22-21(37-13-38-22)10-18(19)25(26-20(27)12-36-29(26)33)16-8-23(34-2)28(32)24(9-16)35-3/h4-11,20,25-27,30,32H,12-13H2,1-3H3/t20-,25+,26-,27+/m0/s1. The second-order valence-corrected chi connectivity index (χ2v) is 9.66. The Hall–Kier alpha value is -4.40. The van der Waals surface area contributed by atoms with Crippen LogP contribution >= 0.6 is 0 Å². The van der Waals surface area contributed by atoms with Crippen molar-refractivity contribution < 1.29 is 38.4 Å². The zero-order chi connectivity index (χ0) is 26.6. The fourth-order valence-corrected chi connectivity index (χ4v) is 5.85. The van der Waals surface area contributed by atoms with Crippen molar-refractivity contribution in [2.75, 3.05) is 32.9 Å². The Morgan fingerprint density at radius 2 is 1.66 bits per heavy atom. The highest BCUT2D eigenvalue weighted by atomic mass is 16.7. The largest absolute Gasteiger partial charge is 0.502 e. The zero-order valence-electron chi connectivity index (χ0n) is 21.1. The minimum Gasteiger partial charge on any atom is -0.502 e. The number of Topliss-reactive ketones (excluding diaryl/α,β-unsaturated/α-hetero) is 1. The number of ether oxygens (including phenoxy) is 5. The molecule has 9 nitrogen and oxygen atoms in total. The van der Waals surface area contributed by atoms with Crippen LogP contribution in [-0.2, 0) is 9.53 Å². The summed E-state index contributed by atoms with van der Waals surface area (Å²) in [6, 6.07) is 14.3. The van der Waals surface area contributed by atoms with Gasteiger partial charge >= 0.3 is 5.97 Å². The number of benzene rings is 3. The average molecular weight is 518 g/mol. The summed E-state index contributed by atoms with van der Waals surface area (Å²) in [6.45, 7) is 1.86. The van der Waals surface area contributed by atoms with Crippen LogP contribution in [0.1, 0.15) is 45.9 Å². The van der Waals surface area contributed by atoms with Crippen molar-refractivity contribution in [2.45, 2.75) is 18.9 Å². The Labute approximate surface area is 219 Å². The highest BCUT2D eigenvalue weighted by Gasteiger charge is 2.52. The lowest BCUT2D eigenvalue weighted by Crippen LogP contribution is -2.37. The van der Waals surface area contributed by atoms with E-state index in [0.29, 0.717) is 17.1 Å². The predicted octanol–water partition coefficient (Wildman–Crippen LogP) is 4.43. The first-order valence-electron chi connectivity index (χ1n) is 12.3. The molecule has 1 fully saturated rings. The topological polar surface area (TPSA) is 113 Å². The smallest absolute Gasteiger partial charge is 0.310 e. The van der Waals surface area contributed by atoms with Gasteiger partial charge in [-0.3, -0.25) is 9.59 Å². The van der Waals surface area contributed by atoms with Crippen LogP contribution in [0.4, 0.5) is 5.69 Å². The second-order valence-electron chi connectivity index (χ2n) is 9.66. The quantitative estimate of drug-likeness (QED) is 0.362. The van der Waals surface area contributed by atoms with E-state index >= 15 is 0 Å². The van der Waals surface area contributed by atoms with Crippen molar-refractivity contribution >= 4 is 17.4 Å². The molecule has 2 heterocycles. The van der Waals surface area contributed by atoms with Crippen molar-refractivity contribution in [3.8, 4) is 28.7 Å². The van der Waals surface area contributed by atoms with Gasteiger partial charge in [-0.2, -0.15) is 0 Å². The van der Waals surface area contributed by atoms with Crippen molar-refractivity contribution in [1.82, 2.24) is 0 Å². The normalized spacial score (nSPS) is 22.8. The van der Waals surface area contributed by atoms with Gasteiger partial charge in [0.2, 0.25) is 12.5 Å². The van der Waals surface area contributed by atoms with E-state index in [2.05, 4.69) is 5.32 Å². The van der Waals surface area contributed by atoms with Gasteiger partial charge in [0.25, 0.3) is 0 Å². The maximum absolute atomic E-state index is 13.3. The molecule has 1 saturated heterocycles. The van der Waals surface area contributed by atoms with Gasteiger partial charge in [0.15, 0.2) is 28.8 Å². The number of fused-ring (bicyclic) bond motifs is 3. The number of carbonyl (C=O) groups excluding carboxylic acids is 2. The van der Waals surface area contributed by atoms with E-state index in [0.717, 1.165) is 22.4 Å². The van der Waals surface area contributed by atoms with E-state index in [1.807, 2.05) is 30.3 Å². The summed E-state index contributed by atoms with van der Waals surface area (Å²) in [4.78, 5) is 25.3. The minimum atomic E-state index is -0.532.